The number of nitrogens with zero attached hydrogens (tertiary/aromatic N) is 4. The van der Waals surface area contributed by atoms with Crippen molar-refractivity contribution in [1.29, 1.82) is 0 Å². The molecule has 2 aromatic heterocycles. The molecule has 3 N–H and O–H groups in total. The van der Waals surface area contributed by atoms with Crippen molar-refractivity contribution in [2.24, 2.45) is 5.41 Å². The van der Waals surface area contributed by atoms with Crippen molar-refractivity contribution < 1.29 is 18.3 Å². The van der Waals surface area contributed by atoms with E-state index in [0.29, 0.717) is 43.1 Å². The minimum atomic E-state index is -2.64. The van der Waals surface area contributed by atoms with E-state index >= 15 is 0 Å². The molecule has 0 amide bonds. The number of alkyl halides is 2. The first-order valence-corrected chi connectivity index (χ1v) is 11.8. The average Bonchev–Trinajstić information content (AvgIpc) is 3.36. The lowest BCUT2D eigenvalue weighted by molar-refractivity contribution is -0.00750. The van der Waals surface area contributed by atoms with Crippen LogP contribution in [0.15, 0.2) is 24.4 Å². The Balaban J connectivity index is 1.40. The fraction of sp³-hybridized carbons (Fsp3) is 0.480. The predicted molar refractivity (Wildman–Crippen MR) is 129 cm³/mol. The van der Waals surface area contributed by atoms with Crippen LogP contribution in [0.25, 0.3) is 22.2 Å². The van der Waals surface area contributed by atoms with E-state index in [1.807, 2.05) is 19.9 Å². The Morgan fingerprint density at radius 1 is 1.09 bits per heavy atom. The Bertz CT molecular complexity index is 1290. The first kappa shape index (κ1) is 23.7. The molecule has 1 aliphatic heterocycles. The molecule has 2 fully saturated rings. The SMILES string of the molecule is CNc1ncc2cc(-c3cc(NC(O)N4CCC5(CCC(F)(F)C5)C4)c(F)cc3C)c(C)nc2n1. The molecule has 7 nitrogen and oxygen atoms in total. The molecule has 2 aliphatic rings. The first-order valence-electron chi connectivity index (χ1n) is 11.8. The van der Waals surface area contributed by atoms with Crippen LogP contribution in [0.4, 0.5) is 24.8 Å². The summed E-state index contributed by atoms with van der Waals surface area (Å²) in [7, 11) is 1.73. The maximum absolute atomic E-state index is 14.9. The molecule has 10 heteroatoms. The number of aliphatic hydroxyl groups is 1. The number of halogens is 3. The second-order valence-electron chi connectivity index (χ2n) is 9.90. The van der Waals surface area contributed by atoms with Gasteiger partial charge in [0.1, 0.15) is 5.82 Å². The van der Waals surface area contributed by atoms with Gasteiger partial charge in [-0.3, -0.25) is 4.90 Å². The number of nitrogens with one attached hydrogen (secondary N) is 2. The molecule has 3 aromatic rings. The van der Waals surface area contributed by atoms with Crippen LogP contribution in [0.5, 0.6) is 0 Å². The molecular formula is C25H29F3N6O. The summed E-state index contributed by atoms with van der Waals surface area (Å²) in [5.74, 6) is -2.67. The highest BCUT2D eigenvalue weighted by Gasteiger charge is 2.52. The minimum absolute atomic E-state index is 0.110. The zero-order chi connectivity index (χ0) is 25.0. The molecule has 0 radical (unpaired) electrons. The minimum Gasteiger partial charge on any atom is -0.361 e. The standard InChI is InChI=1S/C25H29F3N6O/c1-14-8-19(26)20(32-23(35)34-7-6-24(13-34)4-5-25(27,28)12-24)10-17(14)18-9-16-11-30-22(29-3)33-21(16)31-15(18)2/h8-11,23,32,35H,4-7,12-13H2,1-3H3,(H,29,30,31,33). The van der Waals surface area contributed by atoms with Crippen LogP contribution in [0.1, 0.15) is 36.9 Å². The van der Waals surface area contributed by atoms with E-state index in [9.17, 15) is 18.3 Å². The van der Waals surface area contributed by atoms with Gasteiger partial charge in [0, 0.05) is 55.8 Å². The average molecular weight is 487 g/mol. The van der Waals surface area contributed by atoms with Gasteiger partial charge in [0.15, 0.2) is 12.0 Å². The second-order valence-corrected chi connectivity index (χ2v) is 9.90. The van der Waals surface area contributed by atoms with Gasteiger partial charge in [-0.1, -0.05) is 0 Å². The van der Waals surface area contributed by atoms with Gasteiger partial charge in [0.05, 0.1) is 5.69 Å². The van der Waals surface area contributed by atoms with Crippen molar-refractivity contribution in [2.45, 2.75) is 51.8 Å². The van der Waals surface area contributed by atoms with Crippen molar-refractivity contribution >= 4 is 22.7 Å². The summed E-state index contributed by atoms with van der Waals surface area (Å²) < 4.78 is 42.5. The maximum atomic E-state index is 14.9. The van der Waals surface area contributed by atoms with Gasteiger partial charge in [-0.15, -0.1) is 0 Å². The summed E-state index contributed by atoms with van der Waals surface area (Å²) >= 11 is 0. The second kappa shape index (κ2) is 8.60. The number of aliphatic hydroxyl groups excluding tert-OH is 1. The summed E-state index contributed by atoms with van der Waals surface area (Å²) in [6, 6.07) is 4.99. The molecule has 5 rings (SSSR count). The van der Waals surface area contributed by atoms with Gasteiger partial charge in [-0.2, -0.15) is 4.98 Å². The Kier molecular flexibility index (Phi) is 5.83. The van der Waals surface area contributed by atoms with Gasteiger partial charge in [-0.25, -0.2) is 23.1 Å². The molecule has 1 spiro atoms. The molecule has 3 heterocycles. The third kappa shape index (κ3) is 4.52. The topological polar surface area (TPSA) is 86.2 Å². The molecule has 1 saturated carbocycles. The predicted octanol–water partition coefficient (Wildman–Crippen LogP) is 4.69. The lowest BCUT2D eigenvalue weighted by Crippen LogP contribution is -2.40. The Morgan fingerprint density at radius 2 is 1.89 bits per heavy atom. The number of pyridine rings is 1. The Labute approximate surface area is 201 Å². The van der Waals surface area contributed by atoms with Gasteiger partial charge in [0.25, 0.3) is 0 Å². The number of rotatable bonds is 5. The zero-order valence-electron chi connectivity index (χ0n) is 20.0. The Morgan fingerprint density at radius 3 is 2.60 bits per heavy atom. The van der Waals surface area contributed by atoms with E-state index in [1.165, 1.54) is 6.07 Å². The molecule has 1 aliphatic carbocycles. The van der Waals surface area contributed by atoms with Gasteiger partial charge in [0.2, 0.25) is 11.9 Å². The van der Waals surface area contributed by atoms with Crippen LogP contribution < -0.4 is 10.6 Å². The van der Waals surface area contributed by atoms with Crippen molar-refractivity contribution in [3.8, 4) is 11.1 Å². The highest BCUT2D eigenvalue weighted by molar-refractivity contribution is 5.84. The molecule has 35 heavy (non-hydrogen) atoms. The fourth-order valence-corrected chi connectivity index (χ4v) is 5.45. The number of benzene rings is 1. The maximum Gasteiger partial charge on any atom is 0.248 e. The molecule has 1 saturated heterocycles. The zero-order valence-corrected chi connectivity index (χ0v) is 20.0. The quantitative estimate of drug-likeness (QED) is 0.451. The number of likely N-dealkylation sites (tertiary alicyclic amines) is 1. The highest BCUT2D eigenvalue weighted by atomic mass is 19.3. The molecule has 2 atom stereocenters. The lowest BCUT2D eigenvalue weighted by Gasteiger charge is -2.28. The van der Waals surface area contributed by atoms with E-state index < -0.39 is 23.5 Å². The van der Waals surface area contributed by atoms with E-state index in [0.717, 1.165) is 22.2 Å². The third-order valence-corrected chi connectivity index (χ3v) is 7.34. The molecule has 2 unspecified atom stereocenters. The van der Waals surface area contributed by atoms with Crippen molar-refractivity contribution in [2.75, 3.05) is 30.8 Å². The molecule has 1 aromatic carbocycles. The van der Waals surface area contributed by atoms with Crippen LogP contribution in [-0.4, -0.2) is 57.4 Å². The van der Waals surface area contributed by atoms with E-state index in [2.05, 4.69) is 25.6 Å². The van der Waals surface area contributed by atoms with Crippen LogP contribution in [-0.2, 0) is 0 Å². The summed E-state index contributed by atoms with van der Waals surface area (Å²) in [6.45, 7) is 4.52. The summed E-state index contributed by atoms with van der Waals surface area (Å²) in [5.41, 5.74) is 3.22. The summed E-state index contributed by atoms with van der Waals surface area (Å²) in [5, 5.41) is 17.3. The van der Waals surface area contributed by atoms with Crippen molar-refractivity contribution in [3.63, 3.8) is 0 Å². The molecule has 186 valence electrons. The molecule has 0 bridgehead atoms. The lowest BCUT2D eigenvalue weighted by atomic mass is 9.85. The van der Waals surface area contributed by atoms with Crippen LogP contribution in [0, 0.1) is 25.1 Å². The number of hydrogen-bond donors (Lipinski definition) is 3. The monoisotopic (exact) mass is 486 g/mol. The van der Waals surface area contributed by atoms with E-state index in [1.54, 1.807) is 24.2 Å². The van der Waals surface area contributed by atoms with Crippen molar-refractivity contribution in [3.05, 3.63) is 41.5 Å². The van der Waals surface area contributed by atoms with Crippen LogP contribution in [0.3, 0.4) is 0 Å². The number of fused-ring (bicyclic) bond motifs is 1. The van der Waals surface area contributed by atoms with Crippen molar-refractivity contribution in [1.82, 2.24) is 19.9 Å². The van der Waals surface area contributed by atoms with Gasteiger partial charge >= 0.3 is 0 Å². The first-order chi connectivity index (χ1) is 16.6. The van der Waals surface area contributed by atoms with E-state index in [-0.39, 0.29) is 18.5 Å². The van der Waals surface area contributed by atoms with Crippen LogP contribution >= 0.6 is 0 Å². The largest absolute Gasteiger partial charge is 0.361 e. The normalized spacial score (nSPS) is 22.7. The third-order valence-electron chi connectivity index (χ3n) is 7.34. The van der Waals surface area contributed by atoms with Crippen LogP contribution in [0.2, 0.25) is 0 Å². The number of anilines is 2. The fourth-order valence-electron chi connectivity index (χ4n) is 5.45. The smallest absolute Gasteiger partial charge is 0.248 e. The highest BCUT2D eigenvalue weighted by Crippen LogP contribution is 2.52. The number of aryl methyl sites for hydroxylation is 2. The molecular weight excluding hydrogens is 457 g/mol. The van der Waals surface area contributed by atoms with E-state index in [4.69, 9.17) is 0 Å². The number of aromatic nitrogens is 3. The van der Waals surface area contributed by atoms with Gasteiger partial charge < -0.3 is 15.7 Å². The van der Waals surface area contributed by atoms with Gasteiger partial charge in [-0.05, 0) is 61.4 Å². The summed E-state index contributed by atoms with van der Waals surface area (Å²) in [6.07, 6.45) is 1.28. The summed E-state index contributed by atoms with van der Waals surface area (Å²) in [4.78, 5) is 14.9. The Hall–Kier alpha value is -2.98. The number of hydrogen-bond acceptors (Lipinski definition) is 7.